The smallest absolute Gasteiger partial charge is 0.321 e. The molecule has 0 spiro atoms. The Labute approximate surface area is 245 Å². The molecule has 210 valence electrons. The second-order valence-electron chi connectivity index (χ2n) is 9.41. The summed E-state index contributed by atoms with van der Waals surface area (Å²) in [6, 6.07) is 12.8. The van der Waals surface area contributed by atoms with Gasteiger partial charge in [0.1, 0.15) is 5.82 Å². The monoisotopic (exact) mass is 628 g/mol. The first-order chi connectivity index (χ1) is 19.4. The van der Waals surface area contributed by atoms with Gasteiger partial charge in [0.15, 0.2) is 17.1 Å². The van der Waals surface area contributed by atoms with Crippen LogP contribution in [0.3, 0.4) is 0 Å². The molecular weight excluding hydrogens is 600 g/mol. The largest absolute Gasteiger partial charge is 0.493 e. The Morgan fingerprint density at radius 1 is 1.12 bits per heavy atom. The van der Waals surface area contributed by atoms with Gasteiger partial charge in [0.25, 0.3) is 0 Å². The van der Waals surface area contributed by atoms with Gasteiger partial charge in [0, 0.05) is 48.4 Å². The van der Waals surface area contributed by atoms with E-state index in [9.17, 15) is 4.79 Å². The standard InChI is InChI=1S/C28H30BrClN6O4/c1-38-23-11-18(12-24(39-2)26(23)40-3)33-28(37)35-10-6-7-17(16-35)14-31-25-13-22(19-8-4-5-9-21(19)30)34-27-20(29)15-32-36(25)27/h4-5,8-9,11-13,15,17,31H,6-7,10,14,16H2,1-3H3,(H,33,37). The van der Waals surface area contributed by atoms with Crippen molar-refractivity contribution >= 4 is 50.7 Å². The van der Waals surface area contributed by atoms with Gasteiger partial charge in [0.2, 0.25) is 5.75 Å². The summed E-state index contributed by atoms with van der Waals surface area (Å²) in [5, 5.41) is 11.6. The number of anilines is 2. The number of carbonyl (C=O) groups excluding carboxylic acids is 1. The van der Waals surface area contributed by atoms with Gasteiger partial charge in [0.05, 0.1) is 43.4 Å². The number of hydrogen-bond acceptors (Lipinski definition) is 7. The molecule has 4 aromatic rings. The van der Waals surface area contributed by atoms with Crippen molar-refractivity contribution in [1.29, 1.82) is 0 Å². The van der Waals surface area contributed by atoms with Crippen LogP contribution in [0.2, 0.25) is 5.02 Å². The van der Waals surface area contributed by atoms with Gasteiger partial charge in [-0.1, -0.05) is 29.8 Å². The maximum absolute atomic E-state index is 13.2. The maximum atomic E-state index is 13.2. The van der Waals surface area contributed by atoms with Crippen molar-refractivity contribution in [1.82, 2.24) is 19.5 Å². The lowest BCUT2D eigenvalue weighted by Crippen LogP contribution is -2.44. The van der Waals surface area contributed by atoms with E-state index in [0.29, 0.717) is 53.2 Å². The Kier molecular flexibility index (Phi) is 8.51. The van der Waals surface area contributed by atoms with Gasteiger partial charge in [-0.05, 0) is 40.8 Å². The number of amides is 2. The zero-order valence-electron chi connectivity index (χ0n) is 22.4. The van der Waals surface area contributed by atoms with E-state index in [2.05, 4.69) is 31.7 Å². The molecule has 1 saturated heterocycles. The molecule has 1 fully saturated rings. The van der Waals surface area contributed by atoms with E-state index in [1.165, 1.54) is 0 Å². The van der Waals surface area contributed by atoms with Crippen LogP contribution in [-0.2, 0) is 0 Å². The summed E-state index contributed by atoms with van der Waals surface area (Å²) in [6.45, 7) is 1.94. The molecule has 2 aromatic heterocycles. The Hall–Kier alpha value is -3.70. The highest BCUT2D eigenvalue weighted by atomic mass is 79.9. The molecule has 2 amide bonds. The second-order valence-corrected chi connectivity index (χ2v) is 10.7. The molecule has 2 aromatic carbocycles. The summed E-state index contributed by atoms with van der Waals surface area (Å²) in [5.74, 6) is 2.46. The zero-order chi connectivity index (χ0) is 28.2. The van der Waals surface area contributed by atoms with E-state index >= 15 is 0 Å². The lowest BCUT2D eigenvalue weighted by molar-refractivity contribution is 0.180. The van der Waals surface area contributed by atoms with Gasteiger partial charge in [-0.15, -0.1) is 0 Å². The minimum Gasteiger partial charge on any atom is -0.493 e. The topological polar surface area (TPSA) is 102 Å². The van der Waals surface area contributed by atoms with Gasteiger partial charge >= 0.3 is 6.03 Å². The number of aromatic nitrogens is 3. The van der Waals surface area contributed by atoms with Crippen LogP contribution in [0.15, 0.2) is 53.1 Å². The fourth-order valence-electron chi connectivity index (χ4n) is 4.89. The summed E-state index contributed by atoms with van der Waals surface area (Å²) in [6.07, 6.45) is 3.62. The first-order valence-corrected chi connectivity index (χ1v) is 14.0. The molecule has 0 radical (unpaired) electrons. The van der Waals surface area contributed by atoms with Crippen LogP contribution in [0.25, 0.3) is 16.9 Å². The summed E-state index contributed by atoms with van der Waals surface area (Å²) >= 11 is 10.0. The van der Waals surface area contributed by atoms with Crippen molar-refractivity contribution in [2.24, 2.45) is 5.92 Å². The summed E-state index contributed by atoms with van der Waals surface area (Å²) in [4.78, 5) is 19.8. The molecule has 10 nitrogen and oxygen atoms in total. The number of nitrogens with zero attached hydrogens (tertiary/aromatic N) is 4. The molecule has 12 heteroatoms. The first-order valence-electron chi connectivity index (χ1n) is 12.8. The van der Waals surface area contributed by atoms with Crippen LogP contribution in [0.5, 0.6) is 17.2 Å². The average Bonchev–Trinajstić information content (AvgIpc) is 3.36. The number of urea groups is 1. The third-order valence-corrected chi connectivity index (χ3v) is 7.76. The maximum Gasteiger partial charge on any atom is 0.321 e. The third kappa shape index (κ3) is 5.75. The molecule has 40 heavy (non-hydrogen) atoms. The molecule has 3 heterocycles. The van der Waals surface area contributed by atoms with Crippen molar-refractivity contribution in [3.63, 3.8) is 0 Å². The van der Waals surface area contributed by atoms with E-state index in [-0.39, 0.29) is 11.9 Å². The number of likely N-dealkylation sites (tertiary alicyclic amines) is 1. The quantitative estimate of drug-likeness (QED) is 0.240. The van der Waals surface area contributed by atoms with Crippen LogP contribution in [0.4, 0.5) is 16.3 Å². The number of benzene rings is 2. The van der Waals surface area contributed by atoms with E-state index in [1.807, 2.05) is 35.2 Å². The Morgan fingerprint density at radius 3 is 2.58 bits per heavy atom. The van der Waals surface area contributed by atoms with Crippen LogP contribution in [0.1, 0.15) is 12.8 Å². The number of methoxy groups -OCH3 is 3. The Morgan fingerprint density at radius 2 is 1.88 bits per heavy atom. The predicted octanol–water partition coefficient (Wildman–Crippen LogP) is 6.19. The fourth-order valence-corrected chi connectivity index (χ4v) is 5.47. The number of hydrogen-bond donors (Lipinski definition) is 2. The molecule has 0 aliphatic carbocycles. The van der Waals surface area contributed by atoms with Crippen LogP contribution >= 0.6 is 27.5 Å². The minimum absolute atomic E-state index is 0.178. The highest BCUT2D eigenvalue weighted by molar-refractivity contribution is 9.10. The first kappa shape index (κ1) is 27.9. The molecule has 1 aliphatic rings. The molecule has 1 aliphatic heterocycles. The number of nitrogens with one attached hydrogen (secondary N) is 2. The van der Waals surface area contributed by atoms with Crippen molar-refractivity contribution in [3.05, 3.63) is 58.2 Å². The van der Waals surface area contributed by atoms with Crippen LogP contribution in [0, 0.1) is 5.92 Å². The van der Waals surface area contributed by atoms with Gasteiger partial charge in [-0.25, -0.2) is 9.78 Å². The highest BCUT2D eigenvalue weighted by Gasteiger charge is 2.25. The molecule has 0 bridgehead atoms. The zero-order valence-corrected chi connectivity index (χ0v) is 24.8. The summed E-state index contributed by atoms with van der Waals surface area (Å²) < 4.78 is 18.8. The molecule has 2 N–H and O–H groups in total. The Bertz CT molecular complexity index is 1510. The number of fused-ring (bicyclic) bond motifs is 1. The lowest BCUT2D eigenvalue weighted by Gasteiger charge is -2.33. The van der Waals surface area contributed by atoms with Crippen molar-refractivity contribution in [2.45, 2.75) is 12.8 Å². The number of halogens is 2. The molecule has 1 atom stereocenters. The third-order valence-electron chi connectivity index (χ3n) is 6.87. The number of carbonyl (C=O) groups is 1. The predicted molar refractivity (Wildman–Crippen MR) is 159 cm³/mol. The SMILES string of the molecule is COc1cc(NC(=O)N2CCCC(CNc3cc(-c4ccccc4Cl)nc4c(Br)cnn34)C2)cc(OC)c1OC. The van der Waals surface area contributed by atoms with Gasteiger partial charge in [-0.3, -0.25) is 0 Å². The Balaban J connectivity index is 1.29. The summed E-state index contributed by atoms with van der Waals surface area (Å²) in [5.41, 5.74) is 2.84. The number of ether oxygens (including phenoxy) is 3. The lowest BCUT2D eigenvalue weighted by atomic mass is 9.98. The minimum atomic E-state index is -0.178. The normalized spacial score (nSPS) is 15.1. The second kappa shape index (κ2) is 12.2. The molecular formula is C28H30BrClN6O4. The van der Waals surface area contributed by atoms with Crippen molar-refractivity contribution < 1.29 is 19.0 Å². The fraction of sp³-hybridized carbons (Fsp3) is 0.321. The van der Waals surface area contributed by atoms with E-state index in [0.717, 1.165) is 34.4 Å². The molecule has 1 unspecified atom stereocenters. The van der Waals surface area contributed by atoms with Crippen LogP contribution in [-0.4, -0.2) is 66.5 Å². The van der Waals surface area contributed by atoms with Gasteiger partial charge in [-0.2, -0.15) is 9.61 Å². The van der Waals surface area contributed by atoms with Crippen LogP contribution < -0.4 is 24.8 Å². The summed E-state index contributed by atoms with van der Waals surface area (Å²) in [7, 11) is 4.63. The van der Waals surface area contributed by atoms with Crippen molar-refractivity contribution in [3.8, 4) is 28.5 Å². The van der Waals surface area contributed by atoms with E-state index in [4.69, 9.17) is 30.8 Å². The molecule has 5 rings (SSSR count). The van der Waals surface area contributed by atoms with Crippen molar-refractivity contribution in [2.75, 3.05) is 51.6 Å². The van der Waals surface area contributed by atoms with E-state index in [1.54, 1.807) is 44.2 Å². The van der Waals surface area contributed by atoms with Gasteiger partial charge < -0.3 is 29.7 Å². The number of piperidine rings is 1. The van der Waals surface area contributed by atoms with E-state index < -0.39 is 0 Å². The number of rotatable bonds is 8. The molecule has 0 saturated carbocycles. The average molecular weight is 630 g/mol. The highest BCUT2D eigenvalue weighted by Crippen LogP contribution is 2.40.